The molecule has 2 aromatic carbocycles. The molecule has 5 rings (SSSR count). The van der Waals surface area contributed by atoms with Crippen LogP contribution in [0.15, 0.2) is 57.9 Å². The number of carbonyl (C=O) groups is 1. The van der Waals surface area contributed by atoms with Gasteiger partial charge in [-0.25, -0.2) is 9.59 Å². The number of nitrogens with one attached hydrogen (secondary N) is 1. The molecule has 34 heavy (non-hydrogen) atoms. The molecule has 0 atom stereocenters. The Morgan fingerprint density at radius 1 is 1.03 bits per heavy atom. The molecule has 0 radical (unpaired) electrons. The van der Waals surface area contributed by atoms with Crippen molar-refractivity contribution in [3.05, 3.63) is 75.8 Å². The van der Waals surface area contributed by atoms with E-state index < -0.39 is 5.97 Å². The van der Waals surface area contributed by atoms with Crippen LogP contribution in [0, 0.1) is 6.92 Å². The average molecular weight is 460 g/mol. The molecule has 1 saturated heterocycles. The van der Waals surface area contributed by atoms with Crippen molar-refractivity contribution in [2.24, 2.45) is 0 Å². The van der Waals surface area contributed by atoms with Crippen LogP contribution in [0.3, 0.4) is 0 Å². The van der Waals surface area contributed by atoms with Gasteiger partial charge in [-0.2, -0.15) is 0 Å². The number of benzene rings is 2. The molecule has 1 aliphatic rings. The van der Waals surface area contributed by atoms with Gasteiger partial charge in [-0.15, -0.1) is 0 Å². The van der Waals surface area contributed by atoms with E-state index in [2.05, 4.69) is 20.9 Å². The van der Waals surface area contributed by atoms with E-state index in [1.165, 1.54) is 5.56 Å². The topological polar surface area (TPSA) is 89.8 Å². The summed E-state index contributed by atoms with van der Waals surface area (Å²) in [6, 6.07) is 12.9. The number of piperazine rings is 1. The SMILES string of the molecule is Cc1ccc2c(N3CCN(CCCCc4c[nH]c5ccc(C(=O)O)cc45)CC3)cc(=O)oc2c1. The van der Waals surface area contributed by atoms with Crippen molar-refractivity contribution in [2.75, 3.05) is 37.6 Å². The zero-order valence-corrected chi connectivity index (χ0v) is 19.3. The number of unbranched alkanes of at least 4 members (excludes halogenated alkanes) is 1. The zero-order valence-electron chi connectivity index (χ0n) is 19.3. The molecule has 7 heteroatoms. The predicted octanol–water partition coefficient (Wildman–Crippen LogP) is 4.43. The summed E-state index contributed by atoms with van der Waals surface area (Å²) in [5, 5.41) is 11.3. The van der Waals surface area contributed by atoms with Gasteiger partial charge < -0.3 is 19.4 Å². The molecule has 0 unspecified atom stereocenters. The highest BCUT2D eigenvalue weighted by molar-refractivity contribution is 5.94. The smallest absolute Gasteiger partial charge is 0.338 e. The Balaban J connectivity index is 1.15. The van der Waals surface area contributed by atoms with Crippen LogP contribution in [0.4, 0.5) is 5.69 Å². The molecule has 2 N–H and O–H groups in total. The van der Waals surface area contributed by atoms with Crippen molar-refractivity contribution in [3.63, 3.8) is 0 Å². The van der Waals surface area contributed by atoms with Crippen molar-refractivity contribution in [1.82, 2.24) is 9.88 Å². The van der Waals surface area contributed by atoms with E-state index in [9.17, 15) is 14.7 Å². The number of fused-ring (bicyclic) bond motifs is 2. The molecule has 3 heterocycles. The summed E-state index contributed by atoms with van der Waals surface area (Å²) in [5.74, 6) is -0.896. The second-order valence-electron chi connectivity index (χ2n) is 9.12. The highest BCUT2D eigenvalue weighted by Crippen LogP contribution is 2.27. The average Bonchev–Trinajstić information content (AvgIpc) is 3.23. The van der Waals surface area contributed by atoms with Gasteiger partial charge in [0.15, 0.2) is 0 Å². The third kappa shape index (κ3) is 4.56. The second kappa shape index (κ2) is 9.35. The summed E-state index contributed by atoms with van der Waals surface area (Å²) in [4.78, 5) is 31.4. The molecule has 0 amide bonds. The Kier molecular flexibility index (Phi) is 6.11. The van der Waals surface area contributed by atoms with E-state index in [1.807, 2.05) is 31.3 Å². The summed E-state index contributed by atoms with van der Waals surface area (Å²) in [6.07, 6.45) is 5.06. The maximum absolute atomic E-state index is 12.1. The lowest BCUT2D eigenvalue weighted by atomic mass is 10.0. The molecule has 1 fully saturated rings. The van der Waals surface area contributed by atoms with Gasteiger partial charge in [-0.1, -0.05) is 6.07 Å². The molecule has 1 aliphatic heterocycles. The van der Waals surface area contributed by atoms with Crippen molar-refractivity contribution >= 4 is 33.5 Å². The van der Waals surface area contributed by atoms with E-state index >= 15 is 0 Å². The van der Waals surface area contributed by atoms with Gasteiger partial charge in [-0.3, -0.25) is 4.90 Å². The third-order valence-corrected chi connectivity index (χ3v) is 6.78. The van der Waals surface area contributed by atoms with Crippen LogP contribution in [0.25, 0.3) is 21.9 Å². The van der Waals surface area contributed by atoms with Crippen LogP contribution >= 0.6 is 0 Å². The van der Waals surface area contributed by atoms with Gasteiger partial charge >= 0.3 is 11.6 Å². The van der Waals surface area contributed by atoms with Crippen LogP contribution < -0.4 is 10.5 Å². The van der Waals surface area contributed by atoms with Crippen LogP contribution in [0.5, 0.6) is 0 Å². The van der Waals surface area contributed by atoms with Crippen LogP contribution in [0.2, 0.25) is 0 Å². The van der Waals surface area contributed by atoms with Gasteiger partial charge in [0.2, 0.25) is 0 Å². The number of aromatic nitrogens is 1. The number of rotatable bonds is 7. The van der Waals surface area contributed by atoms with Crippen molar-refractivity contribution in [3.8, 4) is 0 Å². The van der Waals surface area contributed by atoms with Gasteiger partial charge in [0.1, 0.15) is 5.58 Å². The Labute approximate surface area is 197 Å². The molecular formula is C27H29N3O4. The maximum atomic E-state index is 12.1. The van der Waals surface area contributed by atoms with Gasteiger partial charge in [0.05, 0.1) is 11.3 Å². The second-order valence-corrected chi connectivity index (χ2v) is 9.12. The number of H-pyrrole nitrogens is 1. The molecule has 4 aromatic rings. The lowest BCUT2D eigenvalue weighted by Crippen LogP contribution is -2.46. The number of aryl methyl sites for hydroxylation is 2. The van der Waals surface area contributed by atoms with E-state index in [4.69, 9.17) is 4.42 Å². The Morgan fingerprint density at radius 2 is 1.85 bits per heavy atom. The number of hydrogen-bond acceptors (Lipinski definition) is 5. The number of aromatic carboxylic acids is 1. The number of carboxylic acids is 1. The van der Waals surface area contributed by atoms with Crippen molar-refractivity contribution in [1.29, 1.82) is 0 Å². The first-order valence-electron chi connectivity index (χ1n) is 11.8. The molecule has 0 bridgehead atoms. The summed E-state index contributed by atoms with van der Waals surface area (Å²) in [6.45, 7) is 6.72. The number of aromatic amines is 1. The highest BCUT2D eigenvalue weighted by atomic mass is 16.4. The van der Waals surface area contributed by atoms with E-state index in [0.717, 1.165) is 79.5 Å². The summed E-state index contributed by atoms with van der Waals surface area (Å²) in [5.41, 5.74) is 4.87. The lowest BCUT2D eigenvalue weighted by Gasteiger charge is -2.36. The van der Waals surface area contributed by atoms with Crippen LogP contribution in [-0.4, -0.2) is 53.7 Å². The van der Waals surface area contributed by atoms with Crippen molar-refractivity contribution < 1.29 is 14.3 Å². The van der Waals surface area contributed by atoms with Gasteiger partial charge in [-0.05, 0) is 74.2 Å². The van der Waals surface area contributed by atoms with E-state index in [-0.39, 0.29) is 5.63 Å². The quantitative estimate of drug-likeness (QED) is 0.314. The minimum atomic E-state index is -0.896. The van der Waals surface area contributed by atoms with Gasteiger partial charge in [0.25, 0.3) is 0 Å². The number of anilines is 1. The minimum Gasteiger partial charge on any atom is -0.478 e. The third-order valence-electron chi connectivity index (χ3n) is 6.78. The Morgan fingerprint density at radius 3 is 2.65 bits per heavy atom. The highest BCUT2D eigenvalue weighted by Gasteiger charge is 2.20. The van der Waals surface area contributed by atoms with E-state index in [0.29, 0.717) is 11.1 Å². The fourth-order valence-corrected chi connectivity index (χ4v) is 4.90. The predicted molar refractivity (Wildman–Crippen MR) is 134 cm³/mol. The summed E-state index contributed by atoms with van der Waals surface area (Å²) >= 11 is 0. The molecular weight excluding hydrogens is 430 g/mol. The summed E-state index contributed by atoms with van der Waals surface area (Å²) < 4.78 is 5.41. The molecule has 0 spiro atoms. The van der Waals surface area contributed by atoms with Gasteiger partial charge in [0, 0.05) is 54.7 Å². The number of nitrogens with zero attached hydrogens (tertiary/aromatic N) is 2. The molecule has 2 aromatic heterocycles. The molecule has 7 nitrogen and oxygen atoms in total. The monoisotopic (exact) mass is 459 g/mol. The Bertz CT molecular complexity index is 1400. The number of carboxylic acid groups (broad SMARTS) is 1. The normalized spacial score (nSPS) is 14.8. The fraction of sp³-hybridized carbons (Fsp3) is 0.333. The molecule has 176 valence electrons. The largest absolute Gasteiger partial charge is 0.478 e. The molecule has 0 aliphatic carbocycles. The first-order chi connectivity index (χ1) is 16.5. The van der Waals surface area contributed by atoms with Crippen LogP contribution in [-0.2, 0) is 6.42 Å². The number of hydrogen-bond donors (Lipinski definition) is 2. The first-order valence-corrected chi connectivity index (χ1v) is 11.8. The minimum absolute atomic E-state index is 0.303. The van der Waals surface area contributed by atoms with Crippen LogP contribution in [0.1, 0.15) is 34.3 Å². The Hall–Kier alpha value is -3.58. The maximum Gasteiger partial charge on any atom is 0.338 e. The fourth-order valence-electron chi connectivity index (χ4n) is 4.90. The van der Waals surface area contributed by atoms with Crippen molar-refractivity contribution in [2.45, 2.75) is 26.2 Å². The summed E-state index contributed by atoms with van der Waals surface area (Å²) in [7, 11) is 0. The van der Waals surface area contributed by atoms with E-state index in [1.54, 1.807) is 18.2 Å². The molecule has 0 saturated carbocycles. The standard InChI is InChI=1S/C27H29N3O4/c1-18-5-7-21-24(16-26(31)34-25(21)14-18)30-12-10-29(11-13-30)9-3-2-4-20-17-28-23-8-6-19(27(32)33)15-22(20)23/h5-8,14-17,28H,2-4,9-13H2,1H3,(H,32,33). The first kappa shape index (κ1) is 22.2. The lowest BCUT2D eigenvalue weighted by molar-refractivity contribution is 0.0697. The zero-order chi connectivity index (χ0) is 23.7.